The molecule has 0 aliphatic rings. The summed E-state index contributed by atoms with van der Waals surface area (Å²) in [6, 6.07) is 0. The lowest BCUT2D eigenvalue weighted by Crippen LogP contribution is -2.30. The van der Waals surface area contributed by atoms with E-state index in [2.05, 4.69) is 18.2 Å². The average Bonchev–Trinajstić information content (AvgIpc) is 2.15. The molecule has 16 heavy (non-hydrogen) atoms. The van der Waals surface area contributed by atoms with Crippen molar-refractivity contribution in [1.82, 2.24) is 4.72 Å². The Balaban J connectivity index is 4.95. The summed E-state index contributed by atoms with van der Waals surface area (Å²) >= 11 is 0. The van der Waals surface area contributed by atoms with E-state index in [1.165, 1.54) is 18.4 Å². The predicted molar refractivity (Wildman–Crippen MR) is 64.6 cm³/mol. The van der Waals surface area contributed by atoms with E-state index in [0.29, 0.717) is 5.71 Å². The second-order valence-electron chi connectivity index (χ2n) is 2.97. The van der Waals surface area contributed by atoms with Gasteiger partial charge in [0.25, 0.3) is 5.91 Å². The van der Waals surface area contributed by atoms with Crippen molar-refractivity contribution in [2.24, 2.45) is 4.99 Å². The van der Waals surface area contributed by atoms with Gasteiger partial charge in [0, 0.05) is 11.9 Å². The number of amides is 1. The zero-order chi connectivity index (χ0) is 12.8. The molecule has 0 spiro atoms. The van der Waals surface area contributed by atoms with Gasteiger partial charge in [-0.15, -0.1) is 0 Å². The molecular weight excluding hydrogens is 228 g/mol. The van der Waals surface area contributed by atoms with Crippen LogP contribution in [0.5, 0.6) is 0 Å². The van der Waals surface area contributed by atoms with Crippen molar-refractivity contribution in [2.75, 3.05) is 6.26 Å². The van der Waals surface area contributed by atoms with Gasteiger partial charge in [0.05, 0.1) is 11.8 Å². The standard InChI is InChI=1S/C10H14N2O3S/c1-5-8(3)11-7-9(6-2)10(13)12-16(4,14)15/h5-7H,1-2H2,3-4H3,(H,12,13)/b9-7+,11-8?. The predicted octanol–water partition coefficient (Wildman–Crippen LogP) is 0.779. The van der Waals surface area contributed by atoms with E-state index in [4.69, 9.17) is 0 Å². The smallest absolute Gasteiger partial charge is 0.266 e. The molecule has 0 saturated carbocycles. The maximum atomic E-state index is 11.4. The molecule has 0 heterocycles. The molecule has 0 radical (unpaired) electrons. The Hall–Kier alpha value is -1.69. The highest BCUT2D eigenvalue weighted by Gasteiger charge is 2.10. The summed E-state index contributed by atoms with van der Waals surface area (Å²) in [6.45, 7) is 8.58. The normalized spacial score (nSPS) is 13.1. The molecule has 0 aliphatic carbocycles. The van der Waals surface area contributed by atoms with Crippen molar-refractivity contribution in [3.63, 3.8) is 0 Å². The summed E-state index contributed by atoms with van der Waals surface area (Å²) in [4.78, 5) is 15.2. The molecule has 0 rings (SSSR count). The number of rotatable bonds is 5. The summed E-state index contributed by atoms with van der Waals surface area (Å²) in [7, 11) is -3.58. The fourth-order valence-electron chi connectivity index (χ4n) is 0.655. The second-order valence-corrected chi connectivity index (χ2v) is 4.71. The molecule has 0 aromatic carbocycles. The molecule has 0 aliphatic heterocycles. The molecule has 5 nitrogen and oxygen atoms in total. The summed E-state index contributed by atoms with van der Waals surface area (Å²) in [5.41, 5.74) is 0.665. The zero-order valence-corrected chi connectivity index (χ0v) is 10.0. The largest absolute Gasteiger partial charge is 0.268 e. The van der Waals surface area contributed by atoms with Crippen molar-refractivity contribution in [1.29, 1.82) is 0 Å². The molecule has 0 aromatic rings. The minimum absolute atomic E-state index is 0.0617. The third-order valence-corrected chi connectivity index (χ3v) is 2.02. The van der Waals surface area contributed by atoms with Crippen LogP contribution in [0, 0.1) is 0 Å². The SMILES string of the molecule is C=CC(C)=N/C=C(\C=C)C(=O)NS(C)(=O)=O. The highest BCUT2D eigenvalue weighted by Crippen LogP contribution is 1.98. The molecule has 0 bridgehead atoms. The third kappa shape index (κ3) is 5.92. The number of hydrogen-bond acceptors (Lipinski definition) is 4. The van der Waals surface area contributed by atoms with Gasteiger partial charge in [-0.25, -0.2) is 13.1 Å². The minimum atomic E-state index is -3.58. The first kappa shape index (κ1) is 14.3. The van der Waals surface area contributed by atoms with Gasteiger partial charge in [-0.1, -0.05) is 19.2 Å². The molecule has 0 aromatic heterocycles. The Kier molecular flexibility index (Phi) is 5.38. The van der Waals surface area contributed by atoms with Crippen LogP contribution >= 0.6 is 0 Å². The first-order valence-electron chi connectivity index (χ1n) is 4.31. The number of aliphatic imine (C=N–C) groups is 1. The molecule has 1 amide bonds. The van der Waals surface area contributed by atoms with Gasteiger partial charge in [0.2, 0.25) is 10.0 Å². The number of sulfonamides is 1. The molecule has 0 unspecified atom stereocenters. The molecule has 1 N–H and O–H groups in total. The Labute approximate surface area is 95.3 Å². The van der Waals surface area contributed by atoms with Crippen molar-refractivity contribution in [3.8, 4) is 0 Å². The fourth-order valence-corrected chi connectivity index (χ4v) is 1.11. The monoisotopic (exact) mass is 242 g/mol. The lowest BCUT2D eigenvalue weighted by molar-refractivity contribution is -0.115. The van der Waals surface area contributed by atoms with E-state index in [9.17, 15) is 13.2 Å². The molecule has 0 fully saturated rings. The van der Waals surface area contributed by atoms with Crippen LogP contribution in [0.3, 0.4) is 0 Å². The van der Waals surface area contributed by atoms with Gasteiger partial charge in [0.1, 0.15) is 0 Å². The number of hydrogen-bond donors (Lipinski definition) is 1. The van der Waals surface area contributed by atoms with Crippen LogP contribution in [0.2, 0.25) is 0 Å². The molecular formula is C10H14N2O3S. The van der Waals surface area contributed by atoms with Crippen LogP contribution < -0.4 is 4.72 Å². The first-order chi connectivity index (χ1) is 7.30. The first-order valence-corrected chi connectivity index (χ1v) is 6.21. The number of carbonyl (C=O) groups is 1. The van der Waals surface area contributed by atoms with E-state index in [0.717, 1.165) is 6.26 Å². The van der Waals surface area contributed by atoms with Crippen LogP contribution in [0.4, 0.5) is 0 Å². The zero-order valence-electron chi connectivity index (χ0n) is 9.23. The van der Waals surface area contributed by atoms with E-state index < -0.39 is 15.9 Å². The second kappa shape index (κ2) is 6.02. The van der Waals surface area contributed by atoms with E-state index >= 15 is 0 Å². The van der Waals surface area contributed by atoms with Gasteiger partial charge in [-0.3, -0.25) is 9.79 Å². The highest BCUT2D eigenvalue weighted by molar-refractivity contribution is 7.89. The Morgan fingerprint density at radius 3 is 2.25 bits per heavy atom. The third-order valence-electron chi connectivity index (χ3n) is 1.46. The average molecular weight is 242 g/mol. The maximum absolute atomic E-state index is 11.4. The topological polar surface area (TPSA) is 75.6 Å². The quantitative estimate of drug-likeness (QED) is 0.439. The Morgan fingerprint density at radius 1 is 1.31 bits per heavy atom. The van der Waals surface area contributed by atoms with Crippen LogP contribution in [0.15, 0.2) is 42.1 Å². The molecule has 0 saturated heterocycles. The van der Waals surface area contributed by atoms with Gasteiger partial charge in [-0.2, -0.15) is 0 Å². The fraction of sp³-hybridized carbons (Fsp3) is 0.200. The van der Waals surface area contributed by atoms with E-state index in [-0.39, 0.29) is 5.57 Å². The lowest BCUT2D eigenvalue weighted by Gasteiger charge is -2.01. The summed E-state index contributed by atoms with van der Waals surface area (Å²) in [6.07, 6.45) is 4.85. The van der Waals surface area contributed by atoms with Gasteiger partial charge < -0.3 is 0 Å². The number of allylic oxidation sites excluding steroid dienone is 1. The van der Waals surface area contributed by atoms with Gasteiger partial charge in [-0.05, 0) is 13.0 Å². The molecule has 88 valence electrons. The van der Waals surface area contributed by atoms with E-state index in [1.807, 2.05) is 4.72 Å². The van der Waals surface area contributed by atoms with Crippen molar-refractivity contribution in [3.05, 3.63) is 37.1 Å². The number of nitrogens with zero attached hydrogens (tertiary/aromatic N) is 1. The Morgan fingerprint density at radius 2 is 1.88 bits per heavy atom. The summed E-state index contributed by atoms with van der Waals surface area (Å²) in [5.74, 6) is -0.766. The van der Waals surface area contributed by atoms with Crippen molar-refractivity contribution in [2.45, 2.75) is 6.92 Å². The number of nitrogens with one attached hydrogen (secondary N) is 1. The van der Waals surface area contributed by atoms with Crippen LogP contribution in [-0.4, -0.2) is 26.3 Å². The Bertz CT molecular complexity index is 458. The van der Waals surface area contributed by atoms with E-state index in [1.54, 1.807) is 6.92 Å². The molecule has 6 heteroatoms. The maximum Gasteiger partial charge on any atom is 0.266 e. The van der Waals surface area contributed by atoms with Crippen LogP contribution in [0.25, 0.3) is 0 Å². The summed E-state index contributed by atoms with van der Waals surface area (Å²) < 4.78 is 23.4. The lowest BCUT2D eigenvalue weighted by atomic mass is 10.3. The van der Waals surface area contributed by atoms with Gasteiger partial charge >= 0.3 is 0 Å². The minimum Gasteiger partial charge on any atom is -0.268 e. The summed E-state index contributed by atoms with van der Waals surface area (Å²) in [5, 5.41) is 0. The molecule has 0 atom stereocenters. The van der Waals surface area contributed by atoms with Crippen molar-refractivity contribution >= 4 is 21.6 Å². The van der Waals surface area contributed by atoms with Crippen LogP contribution in [-0.2, 0) is 14.8 Å². The van der Waals surface area contributed by atoms with Gasteiger partial charge in [0.15, 0.2) is 0 Å². The number of carbonyl (C=O) groups excluding carboxylic acids is 1. The van der Waals surface area contributed by atoms with Crippen molar-refractivity contribution < 1.29 is 13.2 Å². The highest BCUT2D eigenvalue weighted by atomic mass is 32.2. The van der Waals surface area contributed by atoms with Crippen LogP contribution in [0.1, 0.15) is 6.92 Å².